The van der Waals surface area contributed by atoms with Crippen LogP contribution in [0.3, 0.4) is 0 Å². The van der Waals surface area contributed by atoms with Crippen LogP contribution in [0.2, 0.25) is 0 Å². The number of rotatable bonds is 0. The molecule has 0 unspecified atom stereocenters. The van der Waals surface area contributed by atoms with Crippen molar-refractivity contribution in [2.24, 2.45) is 5.41 Å². The van der Waals surface area contributed by atoms with Crippen LogP contribution in [0, 0.1) is 5.41 Å². The highest BCUT2D eigenvalue weighted by Crippen LogP contribution is 2.40. The molecular formula is C11H12O4. The summed E-state index contributed by atoms with van der Waals surface area (Å²) in [6, 6.07) is 0. The maximum Gasteiger partial charge on any atom is 0.154 e. The summed E-state index contributed by atoms with van der Waals surface area (Å²) in [6.07, 6.45) is 1.18. The van der Waals surface area contributed by atoms with Crippen LogP contribution in [0.1, 0.15) is 38.5 Å². The zero-order valence-electron chi connectivity index (χ0n) is 8.38. The van der Waals surface area contributed by atoms with Crippen molar-refractivity contribution in [3.63, 3.8) is 0 Å². The highest BCUT2D eigenvalue weighted by molar-refractivity contribution is 6.24. The summed E-state index contributed by atoms with van der Waals surface area (Å²) < 4.78 is 0. The summed E-state index contributed by atoms with van der Waals surface area (Å²) in [6.45, 7) is 0. The van der Waals surface area contributed by atoms with E-state index in [1.807, 2.05) is 0 Å². The minimum atomic E-state index is -1.12. The van der Waals surface area contributed by atoms with Gasteiger partial charge in [-0.15, -0.1) is 0 Å². The van der Waals surface area contributed by atoms with E-state index >= 15 is 0 Å². The standard InChI is InChI=1S/C11H12O4/c12-7-2-1-3-11(6-7)9(14)4-8(13)5-10(11)15/h1-6H2. The Morgan fingerprint density at radius 2 is 1.47 bits per heavy atom. The molecule has 15 heavy (non-hydrogen) atoms. The van der Waals surface area contributed by atoms with Crippen molar-refractivity contribution < 1.29 is 19.2 Å². The van der Waals surface area contributed by atoms with Gasteiger partial charge in [0, 0.05) is 12.8 Å². The fraction of sp³-hybridized carbons (Fsp3) is 0.636. The second-order valence-electron chi connectivity index (χ2n) is 4.39. The summed E-state index contributed by atoms with van der Waals surface area (Å²) in [5, 5.41) is 0. The molecule has 0 saturated heterocycles. The van der Waals surface area contributed by atoms with Crippen molar-refractivity contribution in [2.75, 3.05) is 0 Å². The van der Waals surface area contributed by atoms with Crippen LogP contribution >= 0.6 is 0 Å². The molecule has 0 aliphatic heterocycles. The minimum Gasteiger partial charge on any atom is -0.300 e. The Kier molecular flexibility index (Phi) is 2.29. The van der Waals surface area contributed by atoms with Crippen LogP contribution in [0.5, 0.6) is 0 Å². The average Bonchev–Trinajstić information content (AvgIpc) is 2.15. The molecule has 2 aliphatic carbocycles. The van der Waals surface area contributed by atoms with E-state index in [9.17, 15) is 19.2 Å². The van der Waals surface area contributed by atoms with Crippen LogP contribution < -0.4 is 0 Å². The number of ketones is 4. The highest BCUT2D eigenvalue weighted by atomic mass is 16.2. The summed E-state index contributed by atoms with van der Waals surface area (Å²) in [5.41, 5.74) is -1.12. The lowest BCUT2D eigenvalue weighted by atomic mass is 9.63. The lowest BCUT2D eigenvalue weighted by molar-refractivity contribution is -0.153. The Labute approximate surface area is 87.0 Å². The molecule has 4 heteroatoms. The average molecular weight is 208 g/mol. The van der Waals surface area contributed by atoms with E-state index in [0.717, 1.165) is 0 Å². The number of hydrogen-bond donors (Lipinski definition) is 0. The van der Waals surface area contributed by atoms with E-state index in [2.05, 4.69) is 0 Å². The Morgan fingerprint density at radius 3 is 2.00 bits per heavy atom. The summed E-state index contributed by atoms with van der Waals surface area (Å²) in [7, 11) is 0. The van der Waals surface area contributed by atoms with Crippen molar-refractivity contribution in [3.8, 4) is 0 Å². The molecule has 0 bridgehead atoms. The summed E-state index contributed by atoms with van der Waals surface area (Å²) in [4.78, 5) is 45.9. The van der Waals surface area contributed by atoms with E-state index in [4.69, 9.17) is 0 Å². The van der Waals surface area contributed by atoms with Crippen molar-refractivity contribution in [1.29, 1.82) is 0 Å². The quantitative estimate of drug-likeness (QED) is 0.547. The summed E-state index contributed by atoms with van der Waals surface area (Å²) >= 11 is 0. The predicted molar refractivity (Wildman–Crippen MR) is 50.2 cm³/mol. The number of Topliss-reactive ketones (excluding diaryl/α,β-unsaturated/α-hetero) is 4. The molecule has 80 valence electrons. The fourth-order valence-electron chi connectivity index (χ4n) is 2.49. The third-order valence-corrected chi connectivity index (χ3v) is 3.34. The number of carbonyl (C=O) groups is 4. The van der Waals surface area contributed by atoms with E-state index in [0.29, 0.717) is 19.3 Å². The zero-order valence-corrected chi connectivity index (χ0v) is 8.38. The Morgan fingerprint density at radius 1 is 0.867 bits per heavy atom. The molecule has 1 spiro atoms. The molecule has 0 aromatic heterocycles. The van der Waals surface area contributed by atoms with Crippen LogP contribution in [-0.4, -0.2) is 23.1 Å². The number of carbonyl (C=O) groups excluding carboxylic acids is 4. The van der Waals surface area contributed by atoms with Gasteiger partial charge in [-0.1, -0.05) is 0 Å². The molecule has 2 saturated carbocycles. The van der Waals surface area contributed by atoms with Gasteiger partial charge in [0.15, 0.2) is 11.6 Å². The molecular weight excluding hydrogens is 196 g/mol. The first-order valence-corrected chi connectivity index (χ1v) is 5.14. The van der Waals surface area contributed by atoms with Gasteiger partial charge < -0.3 is 0 Å². The van der Waals surface area contributed by atoms with Gasteiger partial charge in [0.2, 0.25) is 0 Å². The minimum absolute atomic E-state index is 0.0257. The van der Waals surface area contributed by atoms with Crippen LogP contribution in [-0.2, 0) is 19.2 Å². The molecule has 0 atom stereocenters. The van der Waals surface area contributed by atoms with Gasteiger partial charge in [-0.25, -0.2) is 0 Å². The van der Waals surface area contributed by atoms with Crippen molar-refractivity contribution >= 4 is 23.1 Å². The molecule has 2 fully saturated rings. The smallest absolute Gasteiger partial charge is 0.154 e. The van der Waals surface area contributed by atoms with E-state index in [1.54, 1.807) is 0 Å². The fourth-order valence-corrected chi connectivity index (χ4v) is 2.49. The normalized spacial score (nSPS) is 26.1. The largest absolute Gasteiger partial charge is 0.300 e. The van der Waals surface area contributed by atoms with E-state index in [-0.39, 0.29) is 42.4 Å². The van der Waals surface area contributed by atoms with Gasteiger partial charge in [-0.05, 0) is 12.8 Å². The van der Waals surface area contributed by atoms with E-state index in [1.165, 1.54) is 0 Å². The lowest BCUT2D eigenvalue weighted by Crippen LogP contribution is -2.48. The Balaban J connectivity index is 2.32. The highest BCUT2D eigenvalue weighted by Gasteiger charge is 2.51. The SMILES string of the molecule is O=C1CC(=O)C2(CCCC(=O)C2)C(=O)C1. The van der Waals surface area contributed by atoms with Crippen molar-refractivity contribution in [2.45, 2.75) is 38.5 Å². The Hall–Kier alpha value is -1.32. The maximum absolute atomic E-state index is 11.7. The first kappa shape index (κ1) is 10.2. The van der Waals surface area contributed by atoms with Crippen molar-refractivity contribution in [3.05, 3.63) is 0 Å². The monoisotopic (exact) mass is 208 g/mol. The van der Waals surface area contributed by atoms with Gasteiger partial charge in [0.05, 0.1) is 18.3 Å². The molecule has 0 radical (unpaired) electrons. The molecule has 0 amide bonds. The topological polar surface area (TPSA) is 68.3 Å². The van der Waals surface area contributed by atoms with Gasteiger partial charge in [-0.2, -0.15) is 0 Å². The molecule has 2 rings (SSSR count). The van der Waals surface area contributed by atoms with Crippen LogP contribution in [0.25, 0.3) is 0 Å². The third kappa shape index (κ3) is 1.54. The molecule has 0 aromatic rings. The first-order chi connectivity index (χ1) is 7.04. The van der Waals surface area contributed by atoms with Gasteiger partial charge >= 0.3 is 0 Å². The molecule has 0 heterocycles. The molecule has 0 aromatic carbocycles. The van der Waals surface area contributed by atoms with Crippen LogP contribution in [0.15, 0.2) is 0 Å². The van der Waals surface area contributed by atoms with Gasteiger partial charge in [0.1, 0.15) is 11.6 Å². The molecule has 2 aliphatic rings. The third-order valence-electron chi connectivity index (χ3n) is 3.34. The van der Waals surface area contributed by atoms with Gasteiger partial charge in [-0.3, -0.25) is 19.2 Å². The second-order valence-corrected chi connectivity index (χ2v) is 4.39. The Bertz CT molecular complexity index is 347. The second kappa shape index (κ2) is 3.36. The van der Waals surface area contributed by atoms with Crippen LogP contribution in [0.4, 0.5) is 0 Å². The number of hydrogen-bond acceptors (Lipinski definition) is 4. The van der Waals surface area contributed by atoms with E-state index < -0.39 is 5.41 Å². The van der Waals surface area contributed by atoms with Gasteiger partial charge in [0.25, 0.3) is 0 Å². The predicted octanol–water partition coefficient (Wildman–Crippen LogP) is 0.617. The lowest BCUT2D eigenvalue weighted by Gasteiger charge is -2.35. The maximum atomic E-state index is 11.7. The first-order valence-electron chi connectivity index (χ1n) is 5.14. The molecule has 4 nitrogen and oxygen atoms in total. The zero-order chi connectivity index (χ0) is 11.1. The molecule has 0 N–H and O–H groups in total. The summed E-state index contributed by atoms with van der Waals surface area (Å²) in [5.74, 6) is -1.01. The van der Waals surface area contributed by atoms with Crippen molar-refractivity contribution in [1.82, 2.24) is 0 Å².